The van der Waals surface area contributed by atoms with E-state index in [-0.39, 0.29) is 11.5 Å². The number of ether oxygens (including phenoxy) is 1. The van der Waals surface area contributed by atoms with Crippen LogP contribution in [0.5, 0.6) is 0 Å². The summed E-state index contributed by atoms with van der Waals surface area (Å²) < 4.78 is 7.16. The van der Waals surface area contributed by atoms with Crippen LogP contribution in [0.15, 0.2) is 23.1 Å². The molecular weight excluding hydrogens is 430 g/mol. The lowest BCUT2D eigenvalue weighted by molar-refractivity contribution is 0.0490. The molecule has 5 rings (SSSR count). The molecule has 1 aliphatic heterocycles. The van der Waals surface area contributed by atoms with Crippen molar-refractivity contribution >= 4 is 27.7 Å². The van der Waals surface area contributed by atoms with Crippen molar-refractivity contribution in [3.05, 3.63) is 39.8 Å². The second kappa shape index (κ2) is 9.50. The molecule has 2 fully saturated rings. The molecule has 1 aliphatic carbocycles. The van der Waals surface area contributed by atoms with E-state index in [1.165, 1.54) is 19.3 Å². The maximum atomic E-state index is 13.6. The molecule has 1 atom stereocenters. The number of fused-ring (bicyclic) bond motifs is 3. The summed E-state index contributed by atoms with van der Waals surface area (Å²) in [4.78, 5) is 33.8. The predicted octanol–water partition coefficient (Wildman–Crippen LogP) is 3.17. The van der Waals surface area contributed by atoms with E-state index in [1.807, 2.05) is 28.6 Å². The van der Waals surface area contributed by atoms with Crippen LogP contribution in [0.4, 0.5) is 0 Å². The maximum absolute atomic E-state index is 13.6. The van der Waals surface area contributed by atoms with Crippen LogP contribution in [-0.2, 0) is 11.3 Å². The highest BCUT2D eigenvalue weighted by atomic mass is 16.5. The zero-order valence-corrected chi connectivity index (χ0v) is 20.5. The Morgan fingerprint density at radius 3 is 2.76 bits per heavy atom. The number of carbonyl (C=O) groups excluding carboxylic acids is 1. The topological polar surface area (TPSA) is 83.5 Å². The zero-order valence-electron chi connectivity index (χ0n) is 20.5. The van der Waals surface area contributed by atoms with Gasteiger partial charge in [-0.25, -0.2) is 0 Å². The first-order chi connectivity index (χ1) is 16.5. The van der Waals surface area contributed by atoms with Crippen molar-refractivity contribution < 1.29 is 9.53 Å². The van der Waals surface area contributed by atoms with E-state index in [0.717, 1.165) is 54.6 Å². The highest BCUT2D eigenvalue weighted by Gasteiger charge is 2.28. The third-order valence-corrected chi connectivity index (χ3v) is 7.68. The number of aryl methyl sites for hydroxylation is 1. The molecule has 8 heteroatoms. The van der Waals surface area contributed by atoms with E-state index in [1.54, 1.807) is 13.3 Å². The third kappa shape index (κ3) is 4.25. The van der Waals surface area contributed by atoms with Crippen LogP contribution in [-0.4, -0.2) is 76.4 Å². The van der Waals surface area contributed by atoms with Crippen LogP contribution in [0.3, 0.4) is 0 Å². The maximum Gasteiger partial charge on any atom is 0.259 e. The van der Waals surface area contributed by atoms with E-state index in [4.69, 9.17) is 4.74 Å². The summed E-state index contributed by atoms with van der Waals surface area (Å²) in [5.74, 6) is 0.679. The Kier molecular flexibility index (Phi) is 6.44. The third-order valence-electron chi connectivity index (χ3n) is 7.68. The number of hydrogen-bond acceptors (Lipinski definition) is 5. The normalized spacial score (nSPS) is 19.7. The summed E-state index contributed by atoms with van der Waals surface area (Å²) in [7, 11) is 1.73. The molecule has 1 aromatic carbocycles. The van der Waals surface area contributed by atoms with Gasteiger partial charge in [0, 0.05) is 63.4 Å². The number of rotatable bonds is 7. The molecule has 1 unspecified atom stereocenters. The number of carbonyl (C=O) groups is 1. The van der Waals surface area contributed by atoms with E-state index in [2.05, 4.69) is 21.9 Å². The molecule has 1 saturated carbocycles. The number of nitrogens with one attached hydrogen (secondary N) is 1. The van der Waals surface area contributed by atoms with Crippen molar-refractivity contribution in [2.45, 2.75) is 52.1 Å². The standard InChI is InChI=1S/C26H35N5O3/c1-17-12-23-21(24-22(25(32)28-23)14-27-31(24)16-19-6-4-7-19)13-20(17)26(33)30-10-9-29(18(2)15-30)8-5-11-34-3/h12-14,18-19H,4-11,15-16H2,1-3H3,(H,28,32). The van der Waals surface area contributed by atoms with Crippen LogP contribution in [0.1, 0.15) is 48.5 Å². The van der Waals surface area contributed by atoms with Crippen molar-refractivity contribution in [1.82, 2.24) is 24.6 Å². The fraction of sp³-hybridized carbons (Fsp3) is 0.577. The summed E-state index contributed by atoms with van der Waals surface area (Å²) in [6, 6.07) is 4.22. The minimum atomic E-state index is -0.126. The molecule has 3 aromatic rings. The molecule has 0 bridgehead atoms. The Balaban J connectivity index is 1.45. The molecule has 34 heavy (non-hydrogen) atoms. The quantitative estimate of drug-likeness (QED) is 0.542. The number of piperazine rings is 1. The number of nitrogens with zero attached hydrogens (tertiary/aromatic N) is 4. The largest absolute Gasteiger partial charge is 0.385 e. The van der Waals surface area contributed by atoms with Gasteiger partial charge >= 0.3 is 0 Å². The van der Waals surface area contributed by atoms with Crippen molar-refractivity contribution in [2.24, 2.45) is 5.92 Å². The molecule has 1 N–H and O–H groups in total. The Morgan fingerprint density at radius 2 is 2.06 bits per heavy atom. The van der Waals surface area contributed by atoms with Gasteiger partial charge in [0.2, 0.25) is 0 Å². The fourth-order valence-electron chi connectivity index (χ4n) is 5.42. The molecule has 0 spiro atoms. The van der Waals surface area contributed by atoms with Crippen LogP contribution in [0.25, 0.3) is 21.8 Å². The predicted molar refractivity (Wildman–Crippen MR) is 133 cm³/mol. The molecule has 8 nitrogen and oxygen atoms in total. The highest BCUT2D eigenvalue weighted by Crippen LogP contribution is 2.31. The van der Waals surface area contributed by atoms with Gasteiger partial charge < -0.3 is 14.6 Å². The number of aromatic nitrogens is 3. The van der Waals surface area contributed by atoms with Crippen LogP contribution in [0, 0.1) is 12.8 Å². The van der Waals surface area contributed by atoms with Gasteiger partial charge in [-0.1, -0.05) is 6.42 Å². The summed E-state index contributed by atoms with van der Waals surface area (Å²) in [5.41, 5.74) is 3.07. The zero-order chi connectivity index (χ0) is 23.8. The van der Waals surface area contributed by atoms with Gasteiger partial charge in [-0.3, -0.25) is 19.2 Å². The minimum absolute atomic E-state index is 0.0622. The molecule has 182 valence electrons. The van der Waals surface area contributed by atoms with Crippen molar-refractivity contribution in [1.29, 1.82) is 0 Å². The van der Waals surface area contributed by atoms with Crippen LogP contribution >= 0.6 is 0 Å². The van der Waals surface area contributed by atoms with E-state index in [0.29, 0.717) is 36.0 Å². The van der Waals surface area contributed by atoms with Gasteiger partial charge in [0.1, 0.15) is 0 Å². The van der Waals surface area contributed by atoms with Gasteiger partial charge in [-0.2, -0.15) is 5.10 Å². The molecule has 3 heterocycles. The van der Waals surface area contributed by atoms with Gasteiger partial charge in [0.15, 0.2) is 0 Å². The number of benzene rings is 1. The Hall–Kier alpha value is -2.71. The lowest BCUT2D eigenvalue weighted by Crippen LogP contribution is -2.53. The number of hydrogen-bond donors (Lipinski definition) is 1. The summed E-state index contributed by atoms with van der Waals surface area (Å²) in [5, 5.41) is 6.04. The second-order valence-electron chi connectivity index (χ2n) is 10.0. The minimum Gasteiger partial charge on any atom is -0.385 e. The van der Waals surface area contributed by atoms with E-state index < -0.39 is 0 Å². The lowest BCUT2D eigenvalue weighted by Gasteiger charge is -2.40. The SMILES string of the molecule is COCCCN1CCN(C(=O)c2cc3c(cc2C)[nH]c(=O)c2cnn(CC4CCC4)c23)CC1C. The summed E-state index contributed by atoms with van der Waals surface area (Å²) >= 11 is 0. The first-order valence-electron chi connectivity index (χ1n) is 12.5. The van der Waals surface area contributed by atoms with E-state index in [9.17, 15) is 9.59 Å². The average molecular weight is 466 g/mol. The monoisotopic (exact) mass is 465 g/mol. The van der Waals surface area contributed by atoms with Crippen LogP contribution < -0.4 is 5.56 Å². The van der Waals surface area contributed by atoms with Gasteiger partial charge in [0.25, 0.3) is 11.5 Å². The van der Waals surface area contributed by atoms with E-state index >= 15 is 0 Å². The number of amides is 1. The Morgan fingerprint density at radius 1 is 1.24 bits per heavy atom. The average Bonchev–Trinajstić information content (AvgIpc) is 3.21. The molecule has 0 radical (unpaired) electrons. The van der Waals surface area contributed by atoms with Gasteiger partial charge in [-0.05, 0) is 56.7 Å². The first kappa shape index (κ1) is 23.1. The number of pyridine rings is 1. The van der Waals surface area contributed by atoms with Gasteiger partial charge in [0.05, 0.1) is 22.6 Å². The number of H-pyrrole nitrogens is 1. The first-order valence-corrected chi connectivity index (χ1v) is 12.5. The molecule has 1 amide bonds. The summed E-state index contributed by atoms with van der Waals surface area (Å²) in [6.07, 6.45) is 6.35. The molecule has 2 aliphatic rings. The Labute approximate surface area is 199 Å². The highest BCUT2D eigenvalue weighted by molar-refractivity contribution is 6.07. The van der Waals surface area contributed by atoms with Crippen molar-refractivity contribution in [3.63, 3.8) is 0 Å². The number of methoxy groups -OCH3 is 1. The summed E-state index contributed by atoms with van der Waals surface area (Å²) in [6.45, 7) is 9.01. The fourth-order valence-corrected chi connectivity index (χ4v) is 5.42. The van der Waals surface area contributed by atoms with Crippen LogP contribution in [0.2, 0.25) is 0 Å². The Bertz CT molecular complexity index is 1260. The van der Waals surface area contributed by atoms with Crippen molar-refractivity contribution in [3.8, 4) is 0 Å². The number of aromatic amines is 1. The van der Waals surface area contributed by atoms with Gasteiger partial charge in [-0.15, -0.1) is 0 Å². The molecule has 2 aromatic heterocycles. The smallest absolute Gasteiger partial charge is 0.259 e. The molecular formula is C26H35N5O3. The molecule has 1 saturated heterocycles. The van der Waals surface area contributed by atoms with Crippen molar-refractivity contribution in [2.75, 3.05) is 39.9 Å². The second-order valence-corrected chi connectivity index (χ2v) is 10.0. The lowest BCUT2D eigenvalue weighted by atomic mass is 9.85.